The smallest absolute Gasteiger partial charge is 0.254 e. The van der Waals surface area contributed by atoms with Gasteiger partial charge in [-0.3, -0.25) is 4.79 Å². The monoisotopic (exact) mass is 271 g/mol. The van der Waals surface area contributed by atoms with Crippen molar-refractivity contribution in [3.8, 4) is 0 Å². The van der Waals surface area contributed by atoms with E-state index in [1.165, 1.54) is 18.2 Å². The molecule has 1 heterocycles. The van der Waals surface area contributed by atoms with Crippen LogP contribution in [0.2, 0.25) is 5.02 Å². The predicted octanol–water partition coefficient (Wildman–Crippen LogP) is 2.64. The highest BCUT2D eigenvalue weighted by atomic mass is 35.5. The minimum atomic E-state index is -0.552. The fourth-order valence-corrected chi connectivity index (χ4v) is 2.13. The maximum Gasteiger partial charge on any atom is 0.254 e. The van der Waals surface area contributed by atoms with Crippen molar-refractivity contribution < 1.29 is 13.9 Å². The van der Waals surface area contributed by atoms with E-state index in [1.807, 2.05) is 0 Å². The molecule has 0 atom stereocenters. The van der Waals surface area contributed by atoms with Crippen molar-refractivity contribution in [2.45, 2.75) is 12.8 Å². The number of nitrogens with one attached hydrogen (secondary N) is 1. The quantitative estimate of drug-likeness (QED) is 0.918. The Hall–Kier alpha value is -1.13. The van der Waals surface area contributed by atoms with Gasteiger partial charge in [-0.15, -0.1) is 0 Å². The minimum absolute atomic E-state index is 0.00504. The molecule has 1 aromatic rings. The number of rotatable bonds is 3. The van der Waals surface area contributed by atoms with Crippen LogP contribution < -0.4 is 5.32 Å². The SMILES string of the molecule is O=C(NCC1CCOCC1)c1cc(Cl)ccc1F. The molecule has 0 spiro atoms. The van der Waals surface area contributed by atoms with Gasteiger partial charge in [0.2, 0.25) is 0 Å². The molecular weight excluding hydrogens is 257 g/mol. The highest BCUT2D eigenvalue weighted by Gasteiger charge is 2.17. The lowest BCUT2D eigenvalue weighted by Crippen LogP contribution is -2.32. The molecule has 1 aliphatic rings. The van der Waals surface area contributed by atoms with Crippen LogP contribution in [0.1, 0.15) is 23.2 Å². The highest BCUT2D eigenvalue weighted by Crippen LogP contribution is 2.16. The van der Waals surface area contributed by atoms with Crippen molar-refractivity contribution in [1.82, 2.24) is 5.32 Å². The summed E-state index contributed by atoms with van der Waals surface area (Å²) in [5, 5.41) is 3.10. The Balaban J connectivity index is 1.92. The third kappa shape index (κ3) is 3.43. The van der Waals surface area contributed by atoms with Crippen LogP contribution in [0, 0.1) is 11.7 Å². The molecule has 1 saturated heterocycles. The number of carbonyl (C=O) groups is 1. The second-order valence-corrected chi connectivity index (χ2v) is 4.83. The van der Waals surface area contributed by atoms with Gasteiger partial charge in [0.15, 0.2) is 0 Å². The van der Waals surface area contributed by atoms with Crippen molar-refractivity contribution in [3.63, 3.8) is 0 Å². The number of hydrogen-bond acceptors (Lipinski definition) is 2. The van der Waals surface area contributed by atoms with E-state index in [4.69, 9.17) is 16.3 Å². The van der Waals surface area contributed by atoms with Crippen molar-refractivity contribution in [2.24, 2.45) is 5.92 Å². The molecule has 0 radical (unpaired) electrons. The molecule has 1 amide bonds. The molecule has 1 N–H and O–H groups in total. The van der Waals surface area contributed by atoms with Crippen molar-refractivity contribution in [1.29, 1.82) is 0 Å². The largest absolute Gasteiger partial charge is 0.381 e. The molecule has 2 rings (SSSR count). The van der Waals surface area contributed by atoms with Gasteiger partial charge in [-0.25, -0.2) is 4.39 Å². The lowest BCUT2D eigenvalue weighted by Gasteiger charge is -2.22. The van der Waals surface area contributed by atoms with Gasteiger partial charge >= 0.3 is 0 Å². The highest BCUT2D eigenvalue weighted by molar-refractivity contribution is 6.30. The van der Waals surface area contributed by atoms with Gasteiger partial charge in [0.05, 0.1) is 5.56 Å². The summed E-state index contributed by atoms with van der Waals surface area (Å²) in [7, 11) is 0. The third-order valence-corrected chi connectivity index (χ3v) is 3.30. The first-order valence-corrected chi connectivity index (χ1v) is 6.35. The van der Waals surface area contributed by atoms with Crippen LogP contribution in [-0.4, -0.2) is 25.7 Å². The Bertz CT molecular complexity index is 433. The number of hydrogen-bond donors (Lipinski definition) is 1. The average molecular weight is 272 g/mol. The summed E-state index contributed by atoms with van der Waals surface area (Å²) in [6.07, 6.45) is 1.86. The number of amides is 1. The topological polar surface area (TPSA) is 38.3 Å². The van der Waals surface area contributed by atoms with Crippen LogP contribution in [0.5, 0.6) is 0 Å². The van der Waals surface area contributed by atoms with E-state index in [1.54, 1.807) is 0 Å². The molecule has 0 unspecified atom stereocenters. The Morgan fingerprint density at radius 1 is 1.44 bits per heavy atom. The number of carbonyl (C=O) groups excluding carboxylic acids is 1. The summed E-state index contributed by atoms with van der Waals surface area (Å²) in [5.41, 5.74) is -0.00504. The Morgan fingerprint density at radius 3 is 2.89 bits per heavy atom. The van der Waals surface area contributed by atoms with Crippen molar-refractivity contribution in [2.75, 3.05) is 19.8 Å². The summed E-state index contributed by atoms with van der Waals surface area (Å²) in [6, 6.07) is 3.97. The standard InChI is InChI=1S/C13H15ClFNO2/c14-10-1-2-12(15)11(7-10)13(17)16-8-9-3-5-18-6-4-9/h1-2,7,9H,3-6,8H2,(H,16,17). The van der Waals surface area contributed by atoms with E-state index in [0.29, 0.717) is 17.5 Å². The fraction of sp³-hybridized carbons (Fsp3) is 0.462. The van der Waals surface area contributed by atoms with E-state index in [-0.39, 0.29) is 5.56 Å². The zero-order chi connectivity index (χ0) is 13.0. The molecule has 1 aromatic carbocycles. The zero-order valence-corrected chi connectivity index (χ0v) is 10.7. The Kier molecular flexibility index (Phi) is 4.55. The lowest BCUT2D eigenvalue weighted by atomic mass is 10.0. The molecule has 1 aliphatic heterocycles. The third-order valence-electron chi connectivity index (χ3n) is 3.07. The minimum Gasteiger partial charge on any atom is -0.381 e. The number of benzene rings is 1. The molecule has 0 aliphatic carbocycles. The number of halogens is 2. The molecule has 5 heteroatoms. The molecule has 98 valence electrons. The van der Waals surface area contributed by atoms with Crippen LogP contribution in [0.15, 0.2) is 18.2 Å². The van der Waals surface area contributed by atoms with Crippen molar-refractivity contribution in [3.05, 3.63) is 34.6 Å². The fourth-order valence-electron chi connectivity index (χ4n) is 1.95. The molecule has 1 fully saturated rings. The second kappa shape index (κ2) is 6.16. The molecular formula is C13H15ClFNO2. The van der Waals surface area contributed by atoms with E-state index >= 15 is 0 Å². The van der Waals surface area contributed by atoms with E-state index in [2.05, 4.69) is 5.32 Å². The summed E-state index contributed by atoms with van der Waals surface area (Å²) in [6.45, 7) is 2.01. The zero-order valence-electron chi connectivity index (χ0n) is 9.92. The van der Waals surface area contributed by atoms with Gasteiger partial charge in [-0.1, -0.05) is 11.6 Å². The van der Waals surface area contributed by atoms with Crippen molar-refractivity contribution >= 4 is 17.5 Å². The maximum absolute atomic E-state index is 13.4. The van der Waals surface area contributed by atoms with Crippen LogP contribution in [0.4, 0.5) is 4.39 Å². The van der Waals surface area contributed by atoms with Gasteiger partial charge in [-0.2, -0.15) is 0 Å². The molecule has 0 saturated carbocycles. The second-order valence-electron chi connectivity index (χ2n) is 4.39. The Labute approximate surface area is 110 Å². The lowest BCUT2D eigenvalue weighted by molar-refractivity contribution is 0.0642. The summed E-state index contributed by atoms with van der Waals surface area (Å²) < 4.78 is 18.7. The normalized spacial score (nSPS) is 16.6. The van der Waals surface area contributed by atoms with Gasteiger partial charge in [0.25, 0.3) is 5.91 Å². The van der Waals surface area contributed by atoms with E-state index in [9.17, 15) is 9.18 Å². The molecule has 0 aromatic heterocycles. The Morgan fingerprint density at radius 2 is 2.17 bits per heavy atom. The van der Waals surface area contributed by atoms with Crippen LogP contribution >= 0.6 is 11.6 Å². The van der Waals surface area contributed by atoms with E-state index in [0.717, 1.165) is 26.1 Å². The summed E-state index contributed by atoms with van der Waals surface area (Å²) >= 11 is 5.75. The maximum atomic E-state index is 13.4. The van der Waals surface area contributed by atoms with Gasteiger partial charge in [-0.05, 0) is 37.0 Å². The molecule has 0 bridgehead atoms. The van der Waals surface area contributed by atoms with Gasteiger partial charge in [0.1, 0.15) is 5.82 Å². The summed E-state index contributed by atoms with van der Waals surface area (Å²) in [4.78, 5) is 11.8. The first kappa shape index (κ1) is 13.3. The molecule has 3 nitrogen and oxygen atoms in total. The number of ether oxygens (including phenoxy) is 1. The molecule has 18 heavy (non-hydrogen) atoms. The van der Waals surface area contributed by atoms with Crippen LogP contribution in [0.3, 0.4) is 0 Å². The van der Waals surface area contributed by atoms with E-state index < -0.39 is 11.7 Å². The summed E-state index contributed by atoms with van der Waals surface area (Å²) in [5.74, 6) is -0.560. The average Bonchev–Trinajstić information content (AvgIpc) is 2.40. The van der Waals surface area contributed by atoms with Crippen LogP contribution in [0.25, 0.3) is 0 Å². The van der Waals surface area contributed by atoms with Gasteiger partial charge < -0.3 is 10.1 Å². The predicted molar refractivity (Wildman–Crippen MR) is 67.3 cm³/mol. The van der Waals surface area contributed by atoms with Gasteiger partial charge in [0, 0.05) is 24.8 Å². The first-order chi connectivity index (χ1) is 8.66. The first-order valence-electron chi connectivity index (χ1n) is 5.98. The van der Waals surface area contributed by atoms with Crippen LogP contribution in [-0.2, 0) is 4.74 Å².